The van der Waals surface area contributed by atoms with Crippen molar-refractivity contribution in [2.24, 2.45) is 10.4 Å². The molecule has 1 heterocycles. The van der Waals surface area contributed by atoms with E-state index in [0.29, 0.717) is 17.6 Å². The Morgan fingerprint density at radius 3 is 2.54 bits per heavy atom. The Hall–Kier alpha value is -0.460. The van der Waals surface area contributed by atoms with Gasteiger partial charge >= 0.3 is 0 Å². The lowest BCUT2D eigenvalue weighted by Gasteiger charge is -2.58. The van der Waals surface area contributed by atoms with Crippen molar-refractivity contribution in [2.45, 2.75) is 75.2 Å². The lowest BCUT2D eigenvalue weighted by Crippen LogP contribution is -2.67. The summed E-state index contributed by atoms with van der Waals surface area (Å²) in [5, 5.41) is 7.37. The van der Waals surface area contributed by atoms with Crippen LogP contribution in [0.5, 0.6) is 0 Å². The number of hydrogen-bond donors (Lipinski definition) is 2. The third-order valence-electron chi connectivity index (χ3n) is 6.89. The van der Waals surface area contributed by atoms with E-state index in [9.17, 15) is 0 Å². The molecule has 3 aliphatic rings. The SMILES string of the molecule is CCOC1CC(NC(=NC)NCC2(SC)CCOCC2)C12CCCCC2. The average molecular weight is 384 g/mol. The van der Waals surface area contributed by atoms with E-state index in [-0.39, 0.29) is 4.75 Å². The predicted molar refractivity (Wildman–Crippen MR) is 110 cm³/mol. The Labute approximate surface area is 163 Å². The molecule has 150 valence electrons. The van der Waals surface area contributed by atoms with Gasteiger partial charge < -0.3 is 20.1 Å². The van der Waals surface area contributed by atoms with Crippen molar-refractivity contribution in [3.63, 3.8) is 0 Å². The quantitative estimate of drug-likeness (QED) is 0.545. The highest BCUT2D eigenvalue weighted by Crippen LogP contribution is 2.53. The van der Waals surface area contributed by atoms with Crippen LogP contribution >= 0.6 is 11.8 Å². The summed E-state index contributed by atoms with van der Waals surface area (Å²) in [4.78, 5) is 4.52. The van der Waals surface area contributed by atoms with Crippen LogP contribution in [0.15, 0.2) is 4.99 Å². The highest BCUT2D eigenvalue weighted by Gasteiger charge is 2.55. The fourth-order valence-electron chi connectivity index (χ4n) is 5.07. The summed E-state index contributed by atoms with van der Waals surface area (Å²) < 4.78 is 11.9. The number of ether oxygens (including phenoxy) is 2. The van der Waals surface area contributed by atoms with Gasteiger partial charge in [-0.05, 0) is 45.3 Å². The summed E-state index contributed by atoms with van der Waals surface area (Å²) in [7, 11) is 1.89. The minimum atomic E-state index is 0.270. The van der Waals surface area contributed by atoms with Crippen LogP contribution in [0, 0.1) is 5.41 Å². The number of guanidine groups is 1. The largest absolute Gasteiger partial charge is 0.381 e. The van der Waals surface area contributed by atoms with Crippen molar-refractivity contribution in [2.75, 3.05) is 39.7 Å². The van der Waals surface area contributed by atoms with E-state index in [1.54, 1.807) is 0 Å². The summed E-state index contributed by atoms with van der Waals surface area (Å²) in [6, 6.07) is 0.491. The molecule has 2 N–H and O–H groups in total. The zero-order chi connectivity index (χ0) is 18.5. The molecule has 0 amide bonds. The monoisotopic (exact) mass is 383 g/mol. The molecule has 2 unspecified atom stereocenters. The second-order valence-electron chi connectivity index (χ2n) is 8.10. The minimum Gasteiger partial charge on any atom is -0.381 e. The van der Waals surface area contributed by atoms with Gasteiger partial charge in [-0.1, -0.05) is 19.3 Å². The van der Waals surface area contributed by atoms with Crippen molar-refractivity contribution in [1.82, 2.24) is 10.6 Å². The van der Waals surface area contributed by atoms with Crippen molar-refractivity contribution in [1.29, 1.82) is 0 Å². The smallest absolute Gasteiger partial charge is 0.191 e. The van der Waals surface area contributed by atoms with E-state index in [2.05, 4.69) is 28.8 Å². The Balaban J connectivity index is 1.57. The van der Waals surface area contributed by atoms with E-state index in [4.69, 9.17) is 9.47 Å². The number of thioether (sulfide) groups is 1. The lowest BCUT2D eigenvalue weighted by molar-refractivity contribution is -0.145. The summed E-state index contributed by atoms with van der Waals surface area (Å²) in [6.45, 7) is 5.64. The highest BCUT2D eigenvalue weighted by molar-refractivity contribution is 8.00. The van der Waals surface area contributed by atoms with Crippen LogP contribution in [-0.2, 0) is 9.47 Å². The normalized spacial score (nSPS) is 30.7. The molecule has 2 aliphatic carbocycles. The summed E-state index contributed by atoms with van der Waals surface area (Å²) in [6.07, 6.45) is 12.6. The van der Waals surface area contributed by atoms with Crippen molar-refractivity contribution >= 4 is 17.7 Å². The first-order valence-corrected chi connectivity index (χ1v) is 11.6. The Kier molecular flexibility index (Phi) is 7.14. The molecule has 1 saturated heterocycles. The molecule has 2 saturated carbocycles. The van der Waals surface area contributed by atoms with E-state index >= 15 is 0 Å². The number of rotatable bonds is 6. The van der Waals surface area contributed by atoms with E-state index in [0.717, 1.165) is 51.6 Å². The van der Waals surface area contributed by atoms with E-state index < -0.39 is 0 Å². The summed E-state index contributed by atoms with van der Waals surface area (Å²) in [5.41, 5.74) is 0.321. The molecular formula is C20H37N3O2S. The maximum absolute atomic E-state index is 6.09. The number of aliphatic imine (C=N–C) groups is 1. The zero-order valence-corrected chi connectivity index (χ0v) is 17.6. The predicted octanol–water partition coefficient (Wildman–Crippen LogP) is 3.19. The summed E-state index contributed by atoms with van der Waals surface area (Å²) >= 11 is 1.97. The molecule has 0 aromatic carbocycles. The second kappa shape index (κ2) is 9.16. The van der Waals surface area contributed by atoms with Gasteiger partial charge in [0.15, 0.2) is 5.96 Å². The first-order valence-electron chi connectivity index (χ1n) is 10.4. The molecular weight excluding hydrogens is 346 g/mol. The first-order chi connectivity index (χ1) is 12.7. The number of nitrogens with one attached hydrogen (secondary N) is 2. The molecule has 1 spiro atoms. The highest BCUT2D eigenvalue weighted by atomic mass is 32.2. The van der Waals surface area contributed by atoms with Gasteiger partial charge in [0.05, 0.1) is 6.10 Å². The van der Waals surface area contributed by atoms with Gasteiger partial charge in [-0.2, -0.15) is 11.8 Å². The third-order valence-corrected chi connectivity index (χ3v) is 8.31. The van der Waals surface area contributed by atoms with Crippen molar-refractivity contribution in [3.05, 3.63) is 0 Å². The fraction of sp³-hybridized carbons (Fsp3) is 0.950. The molecule has 0 radical (unpaired) electrons. The fourth-order valence-corrected chi connectivity index (χ4v) is 5.86. The zero-order valence-electron chi connectivity index (χ0n) is 16.8. The Bertz CT molecular complexity index is 474. The van der Waals surface area contributed by atoms with Crippen LogP contribution in [0.25, 0.3) is 0 Å². The molecule has 0 aromatic rings. The molecule has 0 aromatic heterocycles. The van der Waals surface area contributed by atoms with Crippen LogP contribution in [0.2, 0.25) is 0 Å². The molecule has 6 heteroatoms. The Morgan fingerprint density at radius 1 is 1.19 bits per heavy atom. The van der Waals surface area contributed by atoms with Crippen molar-refractivity contribution < 1.29 is 9.47 Å². The molecule has 0 bridgehead atoms. The van der Waals surface area contributed by atoms with Crippen LogP contribution in [0.3, 0.4) is 0 Å². The van der Waals surface area contributed by atoms with Crippen LogP contribution < -0.4 is 10.6 Å². The molecule has 3 fully saturated rings. The lowest BCUT2D eigenvalue weighted by atomic mass is 9.55. The first kappa shape index (κ1) is 20.3. The third kappa shape index (κ3) is 4.17. The minimum absolute atomic E-state index is 0.270. The topological polar surface area (TPSA) is 54.9 Å². The standard InChI is InChI=1S/C20H37N3O2S/c1-4-25-17-14-16(20(17)8-6-5-7-9-20)23-18(21-2)22-15-19(26-3)10-12-24-13-11-19/h16-17H,4-15H2,1-3H3,(H2,21,22,23). The van der Waals surface area contributed by atoms with E-state index in [1.165, 1.54) is 32.1 Å². The van der Waals surface area contributed by atoms with Crippen LogP contribution in [0.1, 0.15) is 58.3 Å². The van der Waals surface area contributed by atoms with Gasteiger partial charge in [0.2, 0.25) is 0 Å². The van der Waals surface area contributed by atoms with Gasteiger partial charge in [-0.15, -0.1) is 0 Å². The van der Waals surface area contributed by atoms with Gasteiger partial charge in [0, 0.05) is 49.6 Å². The number of nitrogens with zero attached hydrogens (tertiary/aromatic N) is 1. The summed E-state index contributed by atoms with van der Waals surface area (Å²) in [5.74, 6) is 0.954. The van der Waals surface area contributed by atoms with Gasteiger partial charge in [0.25, 0.3) is 0 Å². The molecule has 5 nitrogen and oxygen atoms in total. The maximum Gasteiger partial charge on any atom is 0.191 e. The maximum atomic E-state index is 6.09. The second-order valence-corrected chi connectivity index (χ2v) is 9.37. The molecule has 2 atom stereocenters. The van der Waals surface area contributed by atoms with Crippen LogP contribution in [-0.4, -0.2) is 62.5 Å². The van der Waals surface area contributed by atoms with Crippen molar-refractivity contribution in [3.8, 4) is 0 Å². The van der Waals surface area contributed by atoms with Crippen LogP contribution in [0.4, 0.5) is 0 Å². The van der Waals surface area contributed by atoms with Gasteiger partial charge in [-0.25, -0.2) is 0 Å². The Morgan fingerprint density at radius 2 is 1.92 bits per heavy atom. The number of hydrogen-bond acceptors (Lipinski definition) is 4. The molecule has 1 aliphatic heterocycles. The van der Waals surface area contributed by atoms with E-state index in [1.807, 2.05) is 18.8 Å². The molecule has 3 rings (SSSR count). The van der Waals surface area contributed by atoms with Gasteiger partial charge in [-0.3, -0.25) is 4.99 Å². The van der Waals surface area contributed by atoms with Gasteiger partial charge in [0.1, 0.15) is 0 Å². The average Bonchev–Trinajstić information content (AvgIpc) is 2.71. The molecule has 26 heavy (non-hydrogen) atoms.